The van der Waals surface area contributed by atoms with E-state index in [0.29, 0.717) is 24.3 Å². The number of primary amides is 1. The molecule has 134 valence electrons. The molecular formula is C16H24NO6P. The van der Waals surface area contributed by atoms with Gasteiger partial charge in [-0.2, -0.15) is 0 Å². The van der Waals surface area contributed by atoms with Crippen molar-refractivity contribution in [1.29, 1.82) is 0 Å². The standard InChI is InChI=1S/C16H24NO6P/c1-12(18)15(24(20,21)22)6-4-2-3-5-11-23-14-9-7-13(8-10-14)16(17)19/h7-10,15H,2-6,11H2,1H3,(H2,17,19)(H2,20,21,22). The van der Waals surface area contributed by atoms with Gasteiger partial charge in [0.2, 0.25) is 5.91 Å². The summed E-state index contributed by atoms with van der Waals surface area (Å²) < 4.78 is 16.7. The lowest BCUT2D eigenvalue weighted by Gasteiger charge is -2.15. The summed E-state index contributed by atoms with van der Waals surface area (Å²) in [5.74, 6) is -0.301. The highest BCUT2D eigenvalue weighted by Gasteiger charge is 2.31. The summed E-state index contributed by atoms with van der Waals surface area (Å²) in [6.45, 7) is 1.71. The number of rotatable bonds is 11. The van der Waals surface area contributed by atoms with Crippen molar-refractivity contribution in [2.45, 2.75) is 44.7 Å². The van der Waals surface area contributed by atoms with Gasteiger partial charge in [-0.25, -0.2) is 0 Å². The van der Waals surface area contributed by atoms with Crippen molar-refractivity contribution in [2.75, 3.05) is 6.61 Å². The highest BCUT2D eigenvalue weighted by atomic mass is 31.2. The Morgan fingerprint density at radius 3 is 2.21 bits per heavy atom. The van der Waals surface area contributed by atoms with Crippen LogP contribution in [0.4, 0.5) is 0 Å². The summed E-state index contributed by atoms with van der Waals surface area (Å²) in [5, 5.41) is 0. The van der Waals surface area contributed by atoms with Gasteiger partial charge in [-0.15, -0.1) is 0 Å². The Bertz CT molecular complexity index is 595. The molecule has 0 saturated heterocycles. The molecule has 0 fully saturated rings. The van der Waals surface area contributed by atoms with Gasteiger partial charge in [0, 0.05) is 5.56 Å². The molecule has 1 unspecified atom stereocenters. The molecule has 0 aromatic heterocycles. The first-order chi connectivity index (χ1) is 11.2. The highest BCUT2D eigenvalue weighted by Crippen LogP contribution is 2.44. The number of ketones is 1. The first-order valence-corrected chi connectivity index (χ1v) is 9.48. The summed E-state index contributed by atoms with van der Waals surface area (Å²) in [6.07, 6.45) is 3.19. The summed E-state index contributed by atoms with van der Waals surface area (Å²) >= 11 is 0. The van der Waals surface area contributed by atoms with Gasteiger partial charge in [0.25, 0.3) is 0 Å². The lowest BCUT2D eigenvalue weighted by atomic mass is 10.1. The molecule has 1 rings (SSSR count). The third kappa shape index (κ3) is 7.25. The Balaban J connectivity index is 2.19. The molecule has 0 aliphatic heterocycles. The molecule has 0 heterocycles. The molecular weight excluding hydrogens is 333 g/mol. The van der Waals surface area contributed by atoms with E-state index < -0.39 is 24.9 Å². The predicted molar refractivity (Wildman–Crippen MR) is 90.1 cm³/mol. The number of benzene rings is 1. The second-order valence-corrected chi connectivity index (χ2v) is 7.46. The number of carbonyl (C=O) groups is 2. The maximum absolute atomic E-state index is 11.2. The van der Waals surface area contributed by atoms with Crippen LogP contribution in [0.1, 0.15) is 49.4 Å². The fourth-order valence-corrected chi connectivity index (χ4v) is 3.30. The number of carbonyl (C=O) groups excluding carboxylic acids is 2. The molecule has 1 atom stereocenters. The zero-order valence-corrected chi connectivity index (χ0v) is 14.6. The molecule has 0 bridgehead atoms. The number of nitrogens with two attached hydrogens (primary N) is 1. The SMILES string of the molecule is CC(=O)C(CCCCCCOc1ccc(C(N)=O)cc1)P(=O)(O)O. The molecule has 7 nitrogen and oxygen atoms in total. The zero-order valence-electron chi connectivity index (χ0n) is 13.7. The third-order valence-electron chi connectivity index (χ3n) is 3.65. The smallest absolute Gasteiger partial charge is 0.335 e. The first kappa shape index (κ1) is 20.4. The summed E-state index contributed by atoms with van der Waals surface area (Å²) in [7, 11) is -4.35. The number of hydrogen-bond donors (Lipinski definition) is 3. The molecule has 4 N–H and O–H groups in total. The van der Waals surface area contributed by atoms with Crippen molar-refractivity contribution in [2.24, 2.45) is 5.73 Å². The normalized spacial score (nSPS) is 12.6. The molecule has 24 heavy (non-hydrogen) atoms. The van der Waals surface area contributed by atoms with Crippen molar-refractivity contribution >= 4 is 19.3 Å². The summed E-state index contributed by atoms with van der Waals surface area (Å²) in [5.41, 5.74) is 4.39. The van der Waals surface area contributed by atoms with Crippen LogP contribution < -0.4 is 10.5 Å². The van der Waals surface area contributed by atoms with E-state index in [9.17, 15) is 14.2 Å². The van der Waals surface area contributed by atoms with Crippen LogP contribution in [0.5, 0.6) is 5.75 Å². The molecule has 1 amide bonds. The highest BCUT2D eigenvalue weighted by molar-refractivity contribution is 7.53. The number of Topliss-reactive ketones (excluding diaryl/α,β-unsaturated/α-hetero) is 1. The molecule has 1 aromatic carbocycles. The Morgan fingerprint density at radius 1 is 1.12 bits per heavy atom. The van der Waals surface area contributed by atoms with Crippen LogP contribution in [0, 0.1) is 0 Å². The van der Waals surface area contributed by atoms with E-state index in [2.05, 4.69) is 0 Å². The summed E-state index contributed by atoms with van der Waals surface area (Å²) in [6, 6.07) is 6.55. The van der Waals surface area contributed by atoms with Crippen LogP contribution in [-0.4, -0.2) is 33.7 Å². The lowest BCUT2D eigenvalue weighted by molar-refractivity contribution is -0.117. The Hall–Kier alpha value is -1.69. The molecule has 0 radical (unpaired) electrons. The first-order valence-electron chi connectivity index (χ1n) is 7.80. The monoisotopic (exact) mass is 357 g/mol. The average molecular weight is 357 g/mol. The van der Waals surface area contributed by atoms with E-state index in [-0.39, 0.29) is 6.42 Å². The minimum Gasteiger partial charge on any atom is -0.494 e. The third-order valence-corrected chi connectivity index (χ3v) is 5.09. The van der Waals surface area contributed by atoms with Crippen molar-refractivity contribution in [3.05, 3.63) is 29.8 Å². The van der Waals surface area contributed by atoms with Crippen LogP contribution in [0.25, 0.3) is 0 Å². The van der Waals surface area contributed by atoms with Crippen LogP contribution in [0.2, 0.25) is 0 Å². The second kappa shape index (κ2) is 9.57. The van der Waals surface area contributed by atoms with Crippen molar-refractivity contribution < 1.29 is 28.7 Å². The molecule has 0 aliphatic rings. The fraction of sp³-hybridized carbons (Fsp3) is 0.500. The van der Waals surface area contributed by atoms with Gasteiger partial charge < -0.3 is 20.3 Å². The number of unbranched alkanes of at least 4 members (excludes halogenated alkanes) is 3. The molecule has 8 heteroatoms. The largest absolute Gasteiger partial charge is 0.494 e. The van der Waals surface area contributed by atoms with Crippen LogP contribution in [-0.2, 0) is 9.36 Å². The van der Waals surface area contributed by atoms with Gasteiger partial charge in [-0.3, -0.25) is 14.2 Å². The van der Waals surface area contributed by atoms with E-state index in [1.165, 1.54) is 6.92 Å². The molecule has 1 aromatic rings. The number of amides is 1. The topological polar surface area (TPSA) is 127 Å². The maximum Gasteiger partial charge on any atom is 0.335 e. The van der Waals surface area contributed by atoms with E-state index in [0.717, 1.165) is 19.3 Å². The number of hydrogen-bond acceptors (Lipinski definition) is 4. The minimum absolute atomic E-state index is 0.203. The van der Waals surface area contributed by atoms with Crippen LogP contribution in [0.3, 0.4) is 0 Å². The number of ether oxygens (including phenoxy) is 1. The second-order valence-electron chi connectivity index (χ2n) is 5.66. The zero-order chi connectivity index (χ0) is 18.2. The fourth-order valence-electron chi connectivity index (χ4n) is 2.31. The maximum atomic E-state index is 11.2. The van der Waals surface area contributed by atoms with Crippen LogP contribution in [0.15, 0.2) is 24.3 Å². The van der Waals surface area contributed by atoms with Gasteiger partial charge in [-0.1, -0.05) is 19.3 Å². The van der Waals surface area contributed by atoms with Crippen molar-refractivity contribution in [1.82, 2.24) is 0 Å². The lowest BCUT2D eigenvalue weighted by Crippen LogP contribution is -2.17. The predicted octanol–water partition coefficient (Wildman–Crippen LogP) is 2.25. The minimum atomic E-state index is -4.35. The molecule has 0 aliphatic carbocycles. The summed E-state index contributed by atoms with van der Waals surface area (Å²) in [4.78, 5) is 40.4. The van der Waals surface area contributed by atoms with Crippen LogP contribution >= 0.6 is 7.60 Å². The molecule has 0 spiro atoms. The Kier molecular flexibility index (Phi) is 8.11. The Morgan fingerprint density at radius 2 is 1.71 bits per heavy atom. The van der Waals surface area contributed by atoms with E-state index in [1.807, 2.05) is 0 Å². The van der Waals surface area contributed by atoms with E-state index in [1.54, 1.807) is 24.3 Å². The van der Waals surface area contributed by atoms with Gasteiger partial charge in [0.15, 0.2) is 0 Å². The van der Waals surface area contributed by atoms with E-state index >= 15 is 0 Å². The van der Waals surface area contributed by atoms with Gasteiger partial charge in [0.1, 0.15) is 17.2 Å². The quantitative estimate of drug-likeness (QED) is 0.412. The van der Waals surface area contributed by atoms with Gasteiger partial charge in [-0.05, 0) is 44.0 Å². The van der Waals surface area contributed by atoms with Crippen molar-refractivity contribution in [3.8, 4) is 5.75 Å². The van der Waals surface area contributed by atoms with Gasteiger partial charge >= 0.3 is 7.60 Å². The van der Waals surface area contributed by atoms with Gasteiger partial charge in [0.05, 0.1) is 6.61 Å². The van der Waals surface area contributed by atoms with E-state index in [4.69, 9.17) is 20.3 Å². The Labute approximate surface area is 141 Å². The average Bonchev–Trinajstić information content (AvgIpc) is 2.48. The molecule has 0 saturated carbocycles. The van der Waals surface area contributed by atoms with Crippen molar-refractivity contribution in [3.63, 3.8) is 0 Å².